The summed E-state index contributed by atoms with van der Waals surface area (Å²) < 4.78 is 27.7. The Morgan fingerprint density at radius 1 is 1.26 bits per heavy atom. The van der Waals surface area contributed by atoms with Gasteiger partial charge in [-0.15, -0.1) is 0 Å². The Labute approximate surface area is 120 Å². The summed E-state index contributed by atoms with van der Waals surface area (Å²) in [5.41, 5.74) is 6.78. The van der Waals surface area contributed by atoms with Crippen LogP contribution in [0.1, 0.15) is 5.56 Å². The monoisotopic (exact) mass is 341 g/mol. The summed E-state index contributed by atoms with van der Waals surface area (Å²) in [6.45, 7) is 1.82. The number of sulfonamides is 1. The van der Waals surface area contributed by atoms with Gasteiger partial charge in [-0.25, -0.2) is 13.4 Å². The Bertz CT molecular complexity index is 699. The van der Waals surface area contributed by atoms with E-state index < -0.39 is 10.0 Å². The maximum absolute atomic E-state index is 12.2. The zero-order chi connectivity index (χ0) is 14.0. The van der Waals surface area contributed by atoms with Crippen LogP contribution in [0.25, 0.3) is 0 Å². The molecule has 3 N–H and O–H groups in total. The molecule has 0 bridgehead atoms. The molecule has 2 rings (SSSR count). The van der Waals surface area contributed by atoms with Crippen molar-refractivity contribution in [3.8, 4) is 0 Å². The van der Waals surface area contributed by atoms with Crippen molar-refractivity contribution >= 4 is 37.5 Å². The highest BCUT2D eigenvalue weighted by atomic mass is 79.9. The molecule has 0 aliphatic heterocycles. The molecule has 0 atom stereocenters. The summed E-state index contributed by atoms with van der Waals surface area (Å²) in [4.78, 5) is 3.85. The van der Waals surface area contributed by atoms with E-state index in [2.05, 4.69) is 25.6 Å². The highest BCUT2D eigenvalue weighted by Crippen LogP contribution is 2.23. The van der Waals surface area contributed by atoms with Gasteiger partial charge in [-0.2, -0.15) is 0 Å². The van der Waals surface area contributed by atoms with Gasteiger partial charge < -0.3 is 5.73 Å². The summed E-state index contributed by atoms with van der Waals surface area (Å²) in [7, 11) is -3.66. The third-order valence-electron chi connectivity index (χ3n) is 2.51. The van der Waals surface area contributed by atoms with Gasteiger partial charge in [0.15, 0.2) is 0 Å². The van der Waals surface area contributed by atoms with Gasteiger partial charge in [0.25, 0.3) is 10.0 Å². The standard InChI is InChI=1S/C12H12BrN3O2S/c1-8-2-3-9(13)6-11(8)16-19(17,18)10-4-5-12(14)15-7-10/h2-7,16H,1H3,(H2,14,15). The van der Waals surface area contributed by atoms with Gasteiger partial charge in [0.05, 0.1) is 5.69 Å². The SMILES string of the molecule is Cc1ccc(Br)cc1NS(=O)(=O)c1ccc(N)nc1. The number of nitrogen functional groups attached to an aromatic ring is 1. The first-order chi connectivity index (χ1) is 8.88. The zero-order valence-corrected chi connectivity index (χ0v) is 12.5. The van der Waals surface area contributed by atoms with Crippen molar-refractivity contribution in [1.29, 1.82) is 0 Å². The Morgan fingerprint density at radius 2 is 2.00 bits per heavy atom. The molecule has 0 unspecified atom stereocenters. The normalized spacial score (nSPS) is 11.3. The lowest BCUT2D eigenvalue weighted by atomic mass is 10.2. The number of nitrogens with one attached hydrogen (secondary N) is 1. The van der Waals surface area contributed by atoms with Crippen LogP contribution in [0, 0.1) is 6.92 Å². The van der Waals surface area contributed by atoms with Crippen molar-refractivity contribution < 1.29 is 8.42 Å². The van der Waals surface area contributed by atoms with Crippen molar-refractivity contribution in [2.24, 2.45) is 0 Å². The lowest BCUT2D eigenvalue weighted by Crippen LogP contribution is -2.14. The van der Waals surface area contributed by atoms with Crippen molar-refractivity contribution in [3.05, 3.63) is 46.6 Å². The first-order valence-electron chi connectivity index (χ1n) is 5.39. The van der Waals surface area contributed by atoms with Crippen LogP contribution in [0.3, 0.4) is 0 Å². The summed E-state index contributed by atoms with van der Waals surface area (Å²) >= 11 is 3.31. The van der Waals surface area contributed by atoms with Crippen LogP contribution >= 0.6 is 15.9 Å². The molecule has 0 radical (unpaired) electrons. The number of nitrogens with two attached hydrogens (primary N) is 1. The van der Waals surface area contributed by atoms with Gasteiger partial charge in [-0.3, -0.25) is 4.72 Å². The van der Waals surface area contributed by atoms with Gasteiger partial charge in [0.1, 0.15) is 10.7 Å². The van der Waals surface area contributed by atoms with E-state index in [0.717, 1.165) is 10.0 Å². The first-order valence-corrected chi connectivity index (χ1v) is 7.66. The van der Waals surface area contributed by atoms with Crippen LogP contribution in [0.15, 0.2) is 45.9 Å². The second-order valence-corrected chi connectivity index (χ2v) is 6.58. The molecule has 0 saturated carbocycles. The predicted molar refractivity (Wildman–Crippen MR) is 78.3 cm³/mol. The van der Waals surface area contributed by atoms with E-state index in [1.165, 1.54) is 18.3 Å². The molecule has 1 aromatic carbocycles. The van der Waals surface area contributed by atoms with E-state index in [-0.39, 0.29) is 10.7 Å². The lowest BCUT2D eigenvalue weighted by molar-refractivity contribution is 0.601. The maximum Gasteiger partial charge on any atom is 0.263 e. The third-order valence-corrected chi connectivity index (χ3v) is 4.36. The Balaban J connectivity index is 2.36. The number of anilines is 2. The Morgan fingerprint density at radius 3 is 2.63 bits per heavy atom. The zero-order valence-electron chi connectivity index (χ0n) is 10.1. The molecule has 0 spiro atoms. The molecule has 2 aromatic rings. The summed E-state index contributed by atoms with van der Waals surface area (Å²) in [6.07, 6.45) is 1.23. The maximum atomic E-state index is 12.2. The molecule has 0 saturated heterocycles. The van der Waals surface area contributed by atoms with Gasteiger partial charge in [-0.05, 0) is 36.8 Å². The number of rotatable bonds is 3. The van der Waals surface area contributed by atoms with Gasteiger partial charge in [-0.1, -0.05) is 22.0 Å². The van der Waals surface area contributed by atoms with Crippen LogP contribution in [0.2, 0.25) is 0 Å². The number of benzene rings is 1. The largest absolute Gasteiger partial charge is 0.384 e. The fourth-order valence-electron chi connectivity index (χ4n) is 1.46. The van der Waals surface area contributed by atoms with Gasteiger partial charge in [0.2, 0.25) is 0 Å². The average Bonchev–Trinajstić information content (AvgIpc) is 2.34. The summed E-state index contributed by atoms with van der Waals surface area (Å²) in [5, 5.41) is 0. The highest BCUT2D eigenvalue weighted by molar-refractivity contribution is 9.10. The van der Waals surface area contributed by atoms with Crippen LogP contribution in [-0.4, -0.2) is 13.4 Å². The minimum atomic E-state index is -3.66. The number of aryl methyl sites for hydroxylation is 1. The van der Waals surface area contributed by atoms with Crippen LogP contribution in [-0.2, 0) is 10.0 Å². The molecule has 19 heavy (non-hydrogen) atoms. The van der Waals surface area contributed by atoms with E-state index in [9.17, 15) is 8.42 Å². The van der Waals surface area contributed by atoms with Crippen LogP contribution in [0.4, 0.5) is 11.5 Å². The van der Waals surface area contributed by atoms with Gasteiger partial charge >= 0.3 is 0 Å². The fourth-order valence-corrected chi connectivity index (χ4v) is 2.89. The minimum Gasteiger partial charge on any atom is -0.384 e. The molecule has 5 nitrogen and oxygen atoms in total. The Hall–Kier alpha value is -1.60. The van der Waals surface area contributed by atoms with Crippen molar-refractivity contribution in [1.82, 2.24) is 4.98 Å². The number of halogens is 1. The molecule has 0 fully saturated rings. The topological polar surface area (TPSA) is 85.1 Å². The molecule has 0 aliphatic carbocycles. The Kier molecular flexibility index (Phi) is 3.77. The van der Waals surface area contributed by atoms with Crippen molar-refractivity contribution in [2.75, 3.05) is 10.5 Å². The molecular weight excluding hydrogens is 330 g/mol. The fraction of sp³-hybridized carbons (Fsp3) is 0.0833. The van der Waals surface area contributed by atoms with Crippen LogP contribution in [0.5, 0.6) is 0 Å². The van der Waals surface area contributed by atoms with E-state index in [1.54, 1.807) is 6.07 Å². The summed E-state index contributed by atoms with van der Waals surface area (Å²) in [5.74, 6) is 0.276. The second-order valence-electron chi connectivity index (χ2n) is 3.98. The van der Waals surface area contributed by atoms with E-state index in [0.29, 0.717) is 5.69 Å². The molecule has 1 heterocycles. The van der Waals surface area contributed by atoms with E-state index >= 15 is 0 Å². The number of pyridine rings is 1. The van der Waals surface area contributed by atoms with Crippen molar-refractivity contribution in [2.45, 2.75) is 11.8 Å². The molecule has 7 heteroatoms. The number of aromatic nitrogens is 1. The van der Waals surface area contributed by atoms with Crippen LogP contribution < -0.4 is 10.5 Å². The van der Waals surface area contributed by atoms with E-state index in [1.807, 2.05) is 19.1 Å². The predicted octanol–water partition coefficient (Wildman–Crippen LogP) is 2.54. The molecule has 100 valence electrons. The smallest absolute Gasteiger partial charge is 0.263 e. The van der Waals surface area contributed by atoms with Gasteiger partial charge in [0, 0.05) is 10.7 Å². The molecule has 1 aromatic heterocycles. The average molecular weight is 342 g/mol. The van der Waals surface area contributed by atoms with Crippen molar-refractivity contribution in [3.63, 3.8) is 0 Å². The highest BCUT2D eigenvalue weighted by Gasteiger charge is 2.15. The lowest BCUT2D eigenvalue weighted by Gasteiger charge is -2.10. The number of hydrogen-bond donors (Lipinski definition) is 2. The molecular formula is C12H12BrN3O2S. The minimum absolute atomic E-state index is 0.0704. The molecule has 0 aliphatic rings. The molecule has 0 amide bonds. The quantitative estimate of drug-likeness (QED) is 0.898. The van der Waals surface area contributed by atoms with E-state index in [4.69, 9.17) is 5.73 Å². The second kappa shape index (κ2) is 5.18. The first kappa shape index (κ1) is 13.8. The summed E-state index contributed by atoms with van der Waals surface area (Å²) in [6, 6.07) is 8.24. The number of hydrogen-bond acceptors (Lipinski definition) is 4. The number of nitrogens with zero attached hydrogens (tertiary/aromatic N) is 1. The third kappa shape index (κ3) is 3.24.